The minimum Gasteiger partial charge on any atom is -0.429 e. The van der Waals surface area contributed by atoms with Crippen LogP contribution in [0.15, 0.2) is 54.6 Å². The Bertz CT molecular complexity index is 664. The summed E-state index contributed by atoms with van der Waals surface area (Å²) in [6.45, 7) is 5.32. The highest BCUT2D eigenvalue weighted by atomic mass is 16.7. The third kappa shape index (κ3) is 4.84. The van der Waals surface area contributed by atoms with E-state index < -0.39 is 6.16 Å². The van der Waals surface area contributed by atoms with E-state index in [1.807, 2.05) is 44.2 Å². The van der Waals surface area contributed by atoms with Crippen LogP contribution >= 0.6 is 0 Å². The molecule has 0 radical (unpaired) electrons. The highest BCUT2D eigenvalue weighted by molar-refractivity contribution is 5.94. The fourth-order valence-electron chi connectivity index (χ4n) is 2.20. The van der Waals surface area contributed by atoms with E-state index in [2.05, 4.69) is 0 Å². The summed E-state index contributed by atoms with van der Waals surface area (Å²) in [7, 11) is 0. The maximum absolute atomic E-state index is 12.2. The predicted molar refractivity (Wildman–Crippen MR) is 90.9 cm³/mol. The van der Waals surface area contributed by atoms with Crippen LogP contribution in [0.2, 0.25) is 0 Å². The second-order valence-corrected chi connectivity index (χ2v) is 5.13. The molecule has 0 spiro atoms. The zero-order valence-corrected chi connectivity index (χ0v) is 13.9. The first-order valence-electron chi connectivity index (χ1n) is 7.92. The van der Waals surface area contributed by atoms with Crippen molar-refractivity contribution in [2.75, 3.05) is 13.1 Å². The highest BCUT2D eigenvalue weighted by Crippen LogP contribution is 2.15. The van der Waals surface area contributed by atoms with Gasteiger partial charge in [-0.3, -0.25) is 4.79 Å². The van der Waals surface area contributed by atoms with Gasteiger partial charge >= 0.3 is 6.16 Å². The number of carbonyl (C=O) groups excluding carboxylic acids is 2. The lowest BCUT2D eigenvalue weighted by molar-refractivity contribution is 0.0773. The normalized spacial score (nSPS) is 10.1. The third-order valence-electron chi connectivity index (χ3n) is 3.55. The van der Waals surface area contributed by atoms with Crippen molar-refractivity contribution in [2.45, 2.75) is 20.5 Å². The van der Waals surface area contributed by atoms with Crippen LogP contribution in [0.25, 0.3) is 0 Å². The van der Waals surface area contributed by atoms with Crippen molar-refractivity contribution in [2.24, 2.45) is 0 Å². The maximum Gasteiger partial charge on any atom is 0.514 e. The minimum absolute atomic E-state index is 0.0433. The van der Waals surface area contributed by atoms with E-state index in [0.717, 1.165) is 5.56 Å². The largest absolute Gasteiger partial charge is 0.514 e. The Kier molecular flexibility index (Phi) is 6.37. The second kappa shape index (κ2) is 8.72. The van der Waals surface area contributed by atoms with Crippen LogP contribution in [0.3, 0.4) is 0 Å². The van der Waals surface area contributed by atoms with Crippen molar-refractivity contribution >= 4 is 12.1 Å². The van der Waals surface area contributed by atoms with Crippen LogP contribution in [0.1, 0.15) is 29.8 Å². The molecule has 0 aromatic heterocycles. The number of hydrogen-bond donors (Lipinski definition) is 0. The van der Waals surface area contributed by atoms with Crippen molar-refractivity contribution in [3.8, 4) is 5.75 Å². The molecule has 0 saturated heterocycles. The fraction of sp³-hybridized carbons (Fsp3) is 0.263. The number of nitrogens with zero attached hydrogens (tertiary/aromatic N) is 1. The molecule has 1 amide bonds. The van der Waals surface area contributed by atoms with Gasteiger partial charge in [0.25, 0.3) is 5.91 Å². The van der Waals surface area contributed by atoms with Gasteiger partial charge in [0.15, 0.2) is 0 Å². The summed E-state index contributed by atoms with van der Waals surface area (Å²) in [6, 6.07) is 15.8. The average molecular weight is 327 g/mol. The molecule has 2 aromatic rings. The quantitative estimate of drug-likeness (QED) is 0.597. The van der Waals surface area contributed by atoms with Crippen molar-refractivity contribution in [3.63, 3.8) is 0 Å². The van der Waals surface area contributed by atoms with E-state index in [4.69, 9.17) is 9.47 Å². The Balaban J connectivity index is 1.89. The molecule has 0 atom stereocenters. The van der Waals surface area contributed by atoms with Gasteiger partial charge in [-0.1, -0.05) is 30.3 Å². The lowest BCUT2D eigenvalue weighted by Gasteiger charge is -2.18. The number of amides is 1. The molecule has 0 aliphatic heterocycles. The van der Waals surface area contributed by atoms with Crippen LogP contribution < -0.4 is 4.74 Å². The molecule has 126 valence electrons. The zero-order valence-electron chi connectivity index (χ0n) is 13.9. The van der Waals surface area contributed by atoms with Gasteiger partial charge in [-0.2, -0.15) is 0 Å². The summed E-state index contributed by atoms with van der Waals surface area (Å²) in [5, 5.41) is 0. The molecule has 0 heterocycles. The van der Waals surface area contributed by atoms with E-state index in [9.17, 15) is 9.59 Å². The second-order valence-electron chi connectivity index (χ2n) is 5.13. The van der Waals surface area contributed by atoms with Crippen LogP contribution in [-0.2, 0) is 11.3 Å². The van der Waals surface area contributed by atoms with Gasteiger partial charge in [0, 0.05) is 18.7 Å². The Hall–Kier alpha value is -2.82. The summed E-state index contributed by atoms with van der Waals surface area (Å²) >= 11 is 0. The molecule has 0 aliphatic rings. The predicted octanol–water partition coefficient (Wildman–Crippen LogP) is 3.88. The number of carbonyl (C=O) groups is 2. The van der Waals surface area contributed by atoms with E-state index in [1.54, 1.807) is 29.2 Å². The molecule has 0 saturated carbocycles. The summed E-state index contributed by atoms with van der Waals surface area (Å²) in [4.78, 5) is 25.6. The Labute approximate surface area is 141 Å². The van der Waals surface area contributed by atoms with Crippen molar-refractivity contribution in [1.82, 2.24) is 4.90 Å². The molecule has 0 unspecified atom stereocenters. The van der Waals surface area contributed by atoms with E-state index >= 15 is 0 Å². The SMILES string of the molecule is CCN(CC)C(=O)c1ccc(OC(=O)OCc2ccccc2)cc1. The van der Waals surface area contributed by atoms with Gasteiger partial charge in [0.05, 0.1) is 0 Å². The summed E-state index contributed by atoms with van der Waals surface area (Å²) in [6.07, 6.45) is -0.776. The summed E-state index contributed by atoms with van der Waals surface area (Å²) in [5.74, 6) is 0.294. The van der Waals surface area contributed by atoms with Crippen LogP contribution in [0.4, 0.5) is 4.79 Å². The monoisotopic (exact) mass is 327 g/mol. The van der Waals surface area contributed by atoms with E-state index in [0.29, 0.717) is 24.4 Å². The summed E-state index contributed by atoms with van der Waals surface area (Å²) in [5.41, 5.74) is 1.44. The summed E-state index contributed by atoms with van der Waals surface area (Å²) < 4.78 is 10.1. The first kappa shape index (κ1) is 17.5. The molecule has 24 heavy (non-hydrogen) atoms. The number of rotatable bonds is 6. The molecular formula is C19H21NO4. The van der Waals surface area contributed by atoms with Gasteiger partial charge in [-0.15, -0.1) is 0 Å². The third-order valence-corrected chi connectivity index (χ3v) is 3.55. The molecule has 2 aromatic carbocycles. The molecule has 0 N–H and O–H groups in total. The van der Waals surface area contributed by atoms with Gasteiger partial charge in [-0.05, 0) is 43.7 Å². The van der Waals surface area contributed by atoms with Gasteiger partial charge in [0.1, 0.15) is 12.4 Å². The van der Waals surface area contributed by atoms with E-state index in [-0.39, 0.29) is 12.5 Å². The number of hydrogen-bond acceptors (Lipinski definition) is 4. The Morgan fingerprint density at radius 2 is 1.54 bits per heavy atom. The molecule has 5 nitrogen and oxygen atoms in total. The van der Waals surface area contributed by atoms with Crippen molar-refractivity contribution in [3.05, 3.63) is 65.7 Å². The molecule has 2 rings (SSSR count). The fourth-order valence-corrected chi connectivity index (χ4v) is 2.20. The molecule has 5 heteroatoms. The van der Waals surface area contributed by atoms with Crippen LogP contribution in [0, 0.1) is 0 Å². The first-order chi connectivity index (χ1) is 11.6. The lowest BCUT2D eigenvalue weighted by atomic mass is 10.2. The van der Waals surface area contributed by atoms with Gasteiger partial charge in [-0.25, -0.2) is 4.79 Å². The van der Waals surface area contributed by atoms with Crippen LogP contribution in [0.5, 0.6) is 5.75 Å². The molecule has 0 fully saturated rings. The molecular weight excluding hydrogens is 306 g/mol. The topological polar surface area (TPSA) is 55.8 Å². The minimum atomic E-state index is -0.776. The standard InChI is InChI=1S/C19H21NO4/c1-3-20(4-2)18(21)16-10-12-17(13-11-16)24-19(22)23-14-15-8-6-5-7-9-15/h5-13H,3-4,14H2,1-2H3. The zero-order chi connectivity index (χ0) is 17.4. The van der Waals surface area contributed by atoms with Gasteiger partial charge in [0.2, 0.25) is 0 Å². The van der Waals surface area contributed by atoms with E-state index in [1.165, 1.54) is 0 Å². The Morgan fingerprint density at radius 3 is 2.12 bits per heavy atom. The number of benzene rings is 2. The van der Waals surface area contributed by atoms with Gasteiger partial charge < -0.3 is 14.4 Å². The van der Waals surface area contributed by atoms with Crippen molar-refractivity contribution in [1.29, 1.82) is 0 Å². The molecule has 0 aliphatic carbocycles. The van der Waals surface area contributed by atoms with Crippen molar-refractivity contribution < 1.29 is 19.1 Å². The average Bonchev–Trinajstić information content (AvgIpc) is 2.62. The highest BCUT2D eigenvalue weighted by Gasteiger charge is 2.13. The lowest BCUT2D eigenvalue weighted by Crippen LogP contribution is -2.30. The number of ether oxygens (including phenoxy) is 2. The van der Waals surface area contributed by atoms with Crippen LogP contribution in [-0.4, -0.2) is 30.1 Å². The molecule has 0 bridgehead atoms. The maximum atomic E-state index is 12.2. The first-order valence-corrected chi connectivity index (χ1v) is 7.92. The smallest absolute Gasteiger partial charge is 0.429 e. The Morgan fingerprint density at radius 1 is 0.917 bits per heavy atom.